The highest BCUT2D eigenvalue weighted by Gasteiger charge is 2.24. The van der Waals surface area contributed by atoms with Crippen molar-refractivity contribution in [2.75, 3.05) is 5.32 Å². The zero-order valence-electron chi connectivity index (χ0n) is 16.8. The molecule has 0 aliphatic carbocycles. The minimum atomic E-state index is -1.16. The third kappa shape index (κ3) is 6.71. The zero-order chi connectivity index (χ0) is 22.1. The lowest BCUT2D eigenvalue weighted by Gasteiger charge is -2.17. The number of amides is 3. The van der Waals surface area contributed by atoms with Crippen molar-refractivity contribution in [2.24, 2.45) is 5.73 Å². The van der Waals surface area contributed by atoms with Crippen molar-refractivity contribution in [3.05, 3.63) is 90.5 Å². The minimum Gasteiger partial charge on any atom is -0.445 e. The van der Waals surface area contributed by atoms with E-state index in [-0.39, 0.29) is 13.0 Å². The predicted molar refractivity (Wildman–Crippen MR) is 118 cm³/mol. The van der Waals surface area contributed by atoms with Crippen LogP contribution in [0.4, 0.5) is 10.5 Å². The van der Waals surface area contributed by atoms with Gasteiger partial charge in [0.2, 0.25) is 11.8 Å². The van der Waals surface area contributed by atoms with E-state index in [0.29, 0.717) is 5.69 Å². The lowest BCUT2D eigenvalue weighted by molar-refractivity contribution is -0.123. The average molecular weight is 417 g/mol. The molecule has 0 saturated carbocycles. The molecule has 0 bridgehead atoms. The highest BCUT2D eigenvalue weighted by Crippen LogP contribution is 2.21. The van der Waals surface area contributed by atoms with Gasteiger partial charge in [-0.2, -0.15) is 0 Å². The maximum atomic E-state index is 12.6. The smallest absolute Gasteiger partial charge is 0.408 e. The van der Waals surface area contributed by atoms with Crippen molar-refractivity contribution in [2.45, 2.75) is 19.1 Å². The van der Waals surface area contributed by atoms with E-state index < -0.39 is 23.9 Å². The summed E-state index contributed by atoms with van der Waals surface area (Å²) in [6.45, 7) is 0.0402. The summed E-state index contributed by atoms with van der Waals surface area (Å²) in [5.41, 5.74) is 8.61. The molecular weight excluding hydrogens is 394 g/mol. The Hall–Kier alpha value is -4.13. The number of rotatable bonds is 8. The molecule has 3 rings (SSSR count). The van der Waals surface area contributed by atoms with Gasteiger partial charge in [-0.05, 0) is 28.8 Å². The maximum Gasteiger partial charge on any atom is 0.408 e. The topological polar surface area (TPSA) is 111 Å². The van der Waals surface area contributed by atoms with Crippen LogP contribution in [0.2, 0.25) is 0 Å². The quantitative estimate of drug-likeness (QED) is 0.521. The van der Waals surface area contributed by atoms with E-state index in [1.165, 1.54) is 0 Å². The molecule has 0 aliphatic heterocycles. The summed E-state index contributed by atoms with van der Waals surface area (Å²) in [6.07, 6.45) is -1.17. The van der Waals surface area contributed by atoms with Gasteiger partial charge in [0.15, 0.2) is 0 Å². The summed E-state index contributed by atoms with van der Waals surface area (Å²) in [5.74, 6) is -1.29. The molecule has 0 saturated heterocycles. The minimum absolute atomic E-state index is 0.0402. The SMILES string of the molecule is NC(=O)C[C@H](NC(=O)OCc1ccccc1)C(=O)Nc1ccc(-c2ccccc2)cc1. The van der Waals surface area contributed by atoms with Gasteiger partial charge in [-0.3, -0.25) is 9.59 Å². The van der Waals surface area contributed by atoms with E-state index in [0.717, 1.165) is 16.7 Å². The molecule has 0 fully saturated rings. The van der Waals surface area contributed by atoms with Gasteiger partial charge in [-0.25, -0.2) is 4.79 Å². The summed E-state index contributed by atoms with van der Waals surface area (Å²) in [6, 6.07) is 25.0. The number of ether oxygens (including phenoxy) is 1. The van der Waals surface area contributed by atoms with Gasteiger partial charge in [0.1, 0.15) is 12.6 Å². The molecular formula is C24H23N3O4. The van der Waals surface area contributed by atoms with E-state index in [2.05, 4.69) is 10.6 Å². The van der Waals surface area contributed by atoms with Gasteiger partial charge in [-0.15, -0.1) is 0 Å². The molecule has 3 amide bonds. The summed E-state index contributed by atoms with van der Waals surface area (Å²) in [7, 11) is 0. The summed E-state index contributed by atoms with van der Waals surface area (Å²) in [4.78, 5) is 36.1. The number of primary amides is 1. The standard InChI is InChI=1S/C24H23N3O4/c25-22(28)15-21(27-24(30)31-16-17-7-3-1-4-8-17)23(29)26-20-13-11-19(12-14-20)18-9-5-2-6-10-18/h1-14,21H,15-16H2,(H2,25,28)(H,26,29)(H,27,30)/t21-/m0/s1. The Kier molecular flexibility index (Phi) is 7.37. The molecule has 0 unspecified atom stereocenters. The van der Waals surface area contributed by atoms with Gasteiger partial charge >= 0.3 is 6.09 Å². The van der Waals surface area contributed by atoms with Crippen LogP contribution in [0.1, 0.15) is 12.0 Å². The van der Waals surface area contributed by atoms with Crippen LogP contribution in [0.25, 0.3) is 11.1 Å². The molecule has 7 nitrogen and oxygen atoms in total. The zero-order valence-corrected chi connectivity index (χ0v) is 16.8. The molecule has 1 atom stereocenters. The van der Waals surface area contributed by atoms with Crippen molar-refractivity contribution >= 4 is 23.6 Å². The highest BCUT2D eigenvalue weighted by atomic mass is 16.5. The van der Waals surface area contributed by atoms with Crippen molar-refractivity contribution in [1.82, 2.24) is 5.32 Å². The lowest BCUT2D eigenvalue weighted by atomic mass is 10.1. The normalized spacial score (nSPS) is 11.2. The highest BCUT2D eigenvalue weighted by molar-refractivity contribution is 5.99. The van der Waals surface area contributed by atoms with Crippen LogP contribution in [0.5, 0.6) is 0 Å². The van der Waals surface area contributed by atoms with Gasteiger partial charge < -0.3 is 21.1 Å². The maximum absolute atomic E-state index is 12.6. The predicted octanol–water partition coefficient (Wildman–Crippen LogP) is 3.46. The number of carbonyl (C=O) groups excluding carboxylic acids is 3. The van der Waals surface area contributed by atoms with E-state index >= 15 is 0 Å². The number of nitrogens with one attached hydrogen (secondary N) is 2. The Labute approximate surface area is 180 Å². The number of anilines is 1. The first kappa shape index (κ1) is 21.6. The van der Waals surface area contributed by atoms with E-state index in [4.69, 9.17) is 10.5 Å². The molecule has 31 heavy (non-hydrogen) atoms. The van der Waals surface area contributed by atoms with E-state index in [1.54, 1.807) is 24.3 Å². The second kappa shape index (κ2) is 10.6. The number of hydrogen-bond donors (Lipinski definition) is 3. The lowest BCUT2D eigenvalue weighted by Crippen LogP contribution is -2.46. The molecule has 0 heterocycles. The Morgan fingerprint density at radius 2 is 1.39 bits per heavy atom. The summed E-state index contributed by atoms with van der Waals surface area (Å²) < 4.78 is 5.12. The summed E-state index contributed by atoms with van der Waals surface area (Å²) in [5, 5.41) is 5.09. The van der Waals surface area contributed by atoms with E-state index in [1.807, 2.05) is 60.7 Å². The number of alkyl carbamates (subject to hydrolysis) is 1. The second-order valence-electron chi connectivity index (χ2n) is 6.86. The summed E-state index contributed by atoms with van der Waals surface area (Å²) >= 11 is 0. The molecule has 4 N–H and O–H groups in total. The number of benzene rings is 3. The first-order valence-corrected chi connectivity index (χ1v) is 9.73. The van der Waals surface area contributed by atoms with Crippen LogP contribution in [-0.4, -0.2) is 23.9 Å². The largest absolute Gasteiger partial charge is 0.445 e. The van der Waals surface area contributed by atoms with Gasteiger partial charge in [-0.1, -0.05) is 72.8 Å². The van der Waals surface area contributed by atoms with Crippen LogP contribution in [0.15, 0.2) is 84.9 Å². The van der Waals surface area contributed by atoms with Crippen molar-refractivity contribution < 1.29 is 19.1 Å². The number of hydrogen-bond acceptors (Lipinski definition) is 4. The Morgan fingerprint density at radius 1 is 0.806 bits per heavy atom. The molecule has 3 aromatic rings. The van der Waals surface area contributed by atoms with Crippen LogP contribution >= 0.6 is 0 Å². The monoisotopic (exact) mass is 417 g/mol. The molecule has 0 radical (unpaired) electrons. The molecule has 0 spiro atoms. The Morgan fingerprint density at radius 3 is 2.00 bits per heavy atom. The number of carbonyl (C=O) groups is 3. The van der Waals surface area contributed by atoms with Gasteiger partial charge in [0.05, 0.1) is 6.42 Å². The molecule has 0 aromatic heterocycles. The Balaban J connectivity index is 1.60. The number of nitrogens with two attached hydrogens (primary N) is 1. The first-order chi connectivity index (χ1) is 15.0. The molecule has 0 aliphatic rings. The van der Waals surface area contributed by atoms with Crippen LogP contribution in [0.3, 0.4) is 0 Å². The van der Waals surface area contributed by atoms with Gasteiger partial charge in [0.25, 0.3) is 0 Å². The average Bonchev–Trinajstić information content (AvgIpc) is 2.79. The molecule has 3 aromatic carbocycles. The first-order valence-electron chi connectivity index (χ1n) is 9.73. The Bertz CT molecular complexity index is 1020. The van der Waals surface area contributed by atoms with Crippen LogP contribution in [-0.2, 0) is 20.9 Å². The molecule has 158 valence electrons. The van der Waals surface area contributed by atoms with E-state index in [9.17, 15) is 14.4 Å². The van der Waals surface area contributed by atoms with Crippen LogP contribution < -0.4 is 16.4 Å². The fraction of sp³-hybridized carbons (Fsp3) is 0.125. The fourth-order valence-electron chi connectivity index (χ4n) is 2.92. The van der Waals surface area contributed by atoms with Gasteiger partial charge in [0, 0.05) is 5.69 Å². The van der Waals surface area contributed by atoms with Crippen LogP contribution in [0, 0.1) is 0 Å². The third-order valence-corrected chi connectivity index (χ3v) is 4.49. The van der Waals surface area contributed by atoms with Crippen molar-refractivity contribution in [1.29, 1.82) is 0 Å². The second-order valence-corrected chi connectivity index (χ2v) is 6.86. The fourth-order valence-corrected chi connectivity index (χ4v) is 2.92. The third-order valence-electron chi connectivity index (χ3n) is 4.49. The van der Waals surface area contributed by atoms with Crippen molar-refractivity contribution in [3.8, 4) is 11.1 Å². The molecule has 7 heteroatoms. The van der Waals surface area contributed by atoms with Crippen molar-refractivity contribution in [3.63, 3.8) is 0 Å².